The fourth-order valence-electron chi connectivity index (χ4n) is 3.69. The minimum Gasteiger partial charge on any atom is -0.358 e. The largest absolute Gasteiger partial charge is 0.358 e. The second kappa shape index (κ2) is 5.72. The first kappa shape index (κ1) is 15.0. The molecule has 1 saturated carbocycles. The molecule has 120 valence electrons. The fourth-order valence-corrected chi connectivity index (χ4v) is 3.69. The third kappa shape index (κ3) is 2.49. The van der Waals surface area contributed by atoms with E-state index >= 15 is 0 Å². The second-order valence-electron chi connectivity index (χ2n) is 6.29. The van der Waals surface area contributed by atoms with Crippen LogP contribution in [0.2, 0.25) is 0 Å². The summed E-state index contributed by atoms with van der Waals surface area (Å²) in [5.41, 5.74) is 1.94. The first-order chi connectivity index (χ1) is 10.6. The normalized spacial score (nSPS) is 22.4. The summed E-state index contributed by atoms with van der Waals surface area (Å²) in [7, 11) is 3.24. The van der Waals surface area contributed by atoms with Crippen molar-refractivity contribution in [3.63, 3.8) is 0 Å². The molecule has 1 unspecified atom stereocenters. The van der Waals surface area contributed by atoms with Crippen molar-refractivity contribution in [3.8, 4) is 0 Å². The van der Waals surface area contributed by atoms with E-state index in [2.05, 4.69) is 20.6 Å². The molecule has 2 heterocycles. The lowest BCUT2D eigenvalue weighted by Crippen LogP contribution is -2.58. The average Bonchev–Trinajstić information content (AvgIpc) is 3.16. The van der Waals surface area contributed by atoms with Gasteiger partial charge in [0.05, 0.1) is 30.1 Å². The van der Waals surface area contributed by atoms with Gasteiger partial charge in [-0.05, 0) is 12.8 Å². The second-order valence-corrected chi connectivity index (χ2v) is 6.29. The van der Waals surface area contributed by atoms with E-state index in [0.29, 0.717) is 6.42 Å². The minimum atomic E-state index is -0.305. The van der Waals surface area contributed by atoms with E-state index in [1.165, 1.54) is 4.90 Å². The molecule has 1 aromatic heterocycles. The highest BCUT2D eigenvalue weighted by molar-refractivity contribution is 5.87. The molecule has 0 bridgehead atoms. The molecule has 2 aliphatic rings. The summed E-state index contributed by atoms with van der Waals surface area (Å²) >= 11 is 0. The van der Waals surface area contributed by atoms with E-state index < -0.39 is 0 Å². The Hall–Kier alpha value is -1.89. The number of fused-ring (bicyclic) bond motifs is 2. The standard InChI is InChI=1S/C15H23N5O2/c1-16-12(21)8-20(2)14(22)11-7-10-13(18-9-17-10)15(19-11)5-3-4-6-15/h9,11,19H,3-8H2,1-2H3,(H,16,21)(H,17,18). The van der Waals surface area contributed by atoms with E-state index in [1.807, 2.05) is 0 Å². The van der Waals surface area contributed by atoms with Crippen LogP contribution in [-0.4, -0.2) is 53.4 Å². The number of nitrogens with zero attached hydrogens (tertiary/aromatic N) is 2. The molecule has 3 rings (SSSR count). The summed E-state index contributed by atoms with van der Waals surface area (Å²) in [6.07, 6.45) is 6.62. The molecule has 3 N–H and O–H groups in total. The van der Waals surface area contributed by atoms with Crippen LogP contribution in [0.4, 0.5) is 0 Å². The summed E-state index contributed by atoms with van der Waals surface area (Å²) in [5, 5.41) is 6.08. The first-order valence-corrected chi connectivity index (χ1v) is 7.82. The van der Waals surface area contributed by atoms with Crippen LogP contribution in [-0.2, 0) is 21.5 Å². The molecule has 0 radical (unpaired) electrons. The van der Waals surface area contributed by atoms with Gasteiger partial charge in [-0.15, -0.1) is 0 Å². The Morgan fingerprint density at radius 2 is 2.18 bits per heavy atom. The van der Waals surface area contributed by atoms with Gasteiger partial charge in [0.1, 0.15) is 0 Å². The van der Waals surface area contributed by atoms with Crippen LogP contribution in [0, 0.1) is 0 Å². The molecule has 0 aromatic carbocycles. The molecule has 1 aliphatic heterocycles. The molecule has 7 heteroatoms. The Kier molecular flexibility index (Phi) is 3.90. The van der Waals surface area contributed by atoms with E-state index in [1.54, 1.807) is 20.4 Å². The van der Waals surface area contributed by atoms with Crippen molar-refractivity contribution < 1.29 is 9.59 Å². The highest BCUT2D eigenvalue weighted by Gasteiger charge is 2.46. The number of likely N-dealkylation sites (N-methyl/N-ethyl adjacent to an activating group) is 2. The number of aromatic amines is 1. The number of rotatable bonds is 3. The summed E-state index contributed by atoms with van der Waals surface area (Å²) < 4.78 is 0. The van der Waals surface area contributed by atoms with Gasteiger partial charge in [0.25, 0.3) is 0 Å². The monoisotopic (exact) mass is 305 g/mol. The molecule has 0 saturated heterocycles. The summed E-state index contributed by atoms with van der Waals surface area (Å²) in [5.74, 6) is -0.209. The van der Waals surface area contributed by atoms with E-state index in [0.717, 1.165) is 37.1 Å². The number of hydrogen-bond donors (Lipinski definition) is 3. The Morgan fingerprint density at radius 1 is 1.45 bits per heavy atom. The zero-order valence-electron chi connectivity index (χ0n) is 13.1. The van der Waals surface area contributed by atoms with Crippen LogP contribution in [0.3, 0.4) is 0 Å². The van der Waals surface area contributed by atoms with E-state index in [9.17, 15) is 9.59 Å². The van der Waals surface area contributed by atoms with E-state index in [-0.39, 0.29) is 29.9 Å². The van der Waals surface area contributed by atoms with Crippen molar-refractivity contribution in [1.82, 2.24) is 25.5 Å². The third-order valence-electron chi connectivity index (χ3n) is 4.82. The lowest BCUT2D eigenvalue weighted by atomic mass is 9.84. The molecule has 2 amide bonds. The fraction of sp³-hybridized carbons (Fsp3) is 0.667. The Bertz CT molecular complexity index is 576. The molecular weight excluding hydrogens is 282 g/mol. The molecule has 1 aliphatic carbocycles. The average molecular weight is 305 g/mol. The van der Waals surface area contributed by atoms with Crippen LogP contribution in [0.15, 0.2) is 6.33 Å². The Balaban J connectivity index is 1.79. The molecule has 1 atom stereocenters. The van der Waals surface area contributed by atoms with Gasteiger partial charge in [-0.1, -0.05) is 12.8 Å². The van der Waals surface area contributed by atoms with Gasteiger partial charge >= 0.3 is 0 Å². The van der Waals surface area contributed by atoms with Gasteiger partial charge in [-0.2, -0.15) is 0 Å². The number of imidazole rings is 1. The molecule has 1 aromatic rings. The zero-order chi connectivity index (χ0) is 15.7. The number of carbonyl (C=O) groups excluding carboxylic acids is 2. The molecule has 1 spiro atoms. The number of H-pyrrole nitrogens is 1. The minimum absolute atomic E-state index is 0.0462. The van der Waals surface area contributed by atoms with Gasteiger partial charge < -0.3 is 15.2 Å². The smallest absolute Gasteiger partial charge is 0.240 e. The predicted molar refractivity (Wildman–Crippen MR) is 81.1 cm³/mol. The molecule has 7 nitrogen and oxygen atoms in total. The van der Waals surface area contributed by atoms with Crippen LogP contribution in [0.25, 0.3) is 0 Å². The highest BCUT2D eigenvalue weighted by Crippen LogP contribution is 2.42. The maximum atomic E-state index is 12.7. The van der Waals surface area contributed by atoms with E-state index in [4.69, 9.17) is 0 Å². The maximum Gasteiger partial charge on any atom is 0.240 e. The number of amides is 2. The predicted octanol–water partition coefficient (Wildman–Crippen LogP) is -0.102. The van der Waals surface area contributed by atoms with Crippen LogP contribution < -0.4 is 10.6 Å². The lowest BCUT2D eigenvalue weighted by Gasteiger charge is -2.39. The SMILES string of the molecule is CNC(=O)CN(C)C(=O)C1Cc2[nH]cnc2C2(CCCC2)N1. The summed E-state index contributed by atoms with van der Waals surface area (Å²) in [6, 6.07) is -0.305. The van der Waals surface area contributed by atoms with Crippen molar-refractivity contribution in [3.05, 3.63) is 17.7 Å². The van der Waals surface area contributed by atoms with Crippen molar-refractivity contribution in [2.24, 2.45) is 0 Å². The van der Waals surface area contributed by atoms with Crippen LogP contribution >= 0.6 is 0 Å². The quantitative estimate of drug-likeness (QED) is 0.727. The van der Waals surface area contributed by atoms with Gasteiger partial charge in [0.15, 0.2) is 0 Å². The number of carbonyl (C=O) groups is 2. The maximum absolute atomic E-state index is 12.7. The number of hydrogen-bond acceptors (Lipinski definition) is 4. The van der Waals surface area contributed by atoms with Crippen molar-refractivity contribution in [2.45, 2.75) is 43.7 Å². The number of aromatic nitrogens is 2. The van der Waals surface area contributed by atoms with Crippen LogP contribution in [0.5, 0.6) is 0 Å². The summed E-state index contributed by atoms with van der Waals surface area (Å²) in [4.78, 5) is 33.3. The Morgan fingerprint density at radius 3 is 2.86 bits per heavy atom. The van der Waals surface area contributed by atoms with Gasteiger partial charge in [0.2, 0.25) is 11.8 Å². The van der Waals surface area contributed by atoms with Crippen molar-refractivity contribution in [2.75, 3.05) is 20.6 Å². The third-order valence-corrected chi connectivity index (χ3v) is 4.82. The van der Waals surface area contributed by atoms with Crippen LogP contribution in [0.1, 0.15) is 37.1 Å². The molecule has 22 heavy (non-hydrogen) atoms. The Labute approximate surface area is 129 Å². The van der Waals surface area contributed by atoms with Gasteiger partial charge in [-0.3, -0.25) is 14.9 Å². The van der Waals surface area contributed by atoms with Gasteiger partial charge in [0, 0.05) is 26.2 Å². The zero-order valence-corrected chi connectivity index (χ0v) is 13.1. The first-order valence-electron chi connectivity index (χ1n) is 7.82. The highest BCUT2D eigenvalue weighted by atomic mass is 16.2. The topological polar surface area (TPSA) is 90.1 Å². The van der Waals surface area contributed by atoms with Crippen molar-refractivity contribution in [1.29, 1.82) is 0 Å². The molecular formula is C15H23N5O2. The lowest BCUT2D eigenvalue weighted by molar-refractivity contribution is -0.137. The molecule has 1 fully saturated rings. The number of nitrogens with one attached hydrogen (secondary N) is 3. The van der Waals surface area contributed by atoms with Gasteiger partial charge in [-0.25, -0.2) is 4.98 Å². The summed E-state index contributed by atoms with van der Waals surface area (Å²) in [6.45, 7) is 0.0797. The van der Waals surface area contributed by atoms with Crippen molar-refractivity contribution >= 4 is 11.8 Å².